The fourth-order valence-corrected chi connectivity index (χ4v) is 5.49. The number of likely N-dealkylation sites (tertiary alicyclic amines) is 1. The molecule has 2 aliphatic heterocycles. The van der Waals surface area contributed by atoms with Gasteiger partial charge in [-0.05, 0) is 49.1 Å². The molecule has 0 aliphatic carbocycles. The second kappa shape index (κ2) is 9.42. The third-order valence-electron chi connectivity index (χ3n) is 7.11. The van der Waals surface area contributed by atoms with E-state index in [1.807, 2.05) is 39.0 Å². The van der Waals surface area contributed by atoms with Crippen LogP contribution in [0.4, 0.5) is 23.2 Å². The Hall–Kier alpha value is -2.66. The first-order valence-electron chi connectivity index (χ1n) is 12.0. The van der Waals surface area contributed by atoms with E-state index < -0.39 is 18.8 Å². The normalized spacial score (nSPS) is 21.7. The maximum atomic E-state index is 13.6. The third-order valence-corrected chi connectivity index (χ3v) is 7.11. The number of benzene rings is 1. The Labute approximate surface area is 202 Å². The first kappa shape index (κ1) is 24.1. The van der Waals surface area contributed by atoms with Crippen LogP contribution in [-0.4, -0.2) is 83.9 Å². The van der Waals surface area contributed by atoms with Crippen molar-refractivity contribution < 1.29 is 17.6 Å². The van der Waals surface area contributed by atoms with E-state index >= 15 is 0 Å². The molecular formula is C24H29BF4N6. The average molecular weight is 488 g/mol. The van der Waals surface area contributed by atoms with E-state index in [-0.39, 0.29) is 18.8 Å². The molecule has 0 spiro atoms. The molecule has 2 aliphatic rings. The van der Waals surface area contributed by atoms with Crippen LogP contribution in [0.5, 0.6) is 0 Å². The highest BCUT2D eigenvalue weighted by Gasteiger charge is 2.41. The topological polar surface area (TPSA) is 60.1 Å². The minimum Gasteiger partial charge on any atom is -0.378 e. The molecule has 6 nitrogen and oxygen atoms in total. The molecule has 3 aromatic rings. The summed E-state index contributed by atoms with van der Waals surface area (Å²) in [5.74, 6) is 0. The molecule has 4 heterocycles. The number of nitrogens with one attached hydrogen (secondary N) is 2. The maximum absolute atomic E-state index is 13.6. The van der Waals surface area contributed by atoms with Gasteiger partial charge in [0.15, 0.2) is 7.85 Å². The Kier molecular flexibility index (Phi) is 6.48. The Balaban J connectivity index is 1.43. The highest BCUT2D eigenvalue weighted by atomic mass is 19.4. The van der Waals surface area contributed by atoms with Gasteiger partial charge < -0.3 is 5.32 Å². The molecular weight excluding hydrogens is 459 g/mol. The van der Waals surface area contributed by atoms with Gasteiger partial charge in [-0.15, -0.1) is 0 Å². The van der Waals surface area contributed by atoms with E-state index in [1.165, 1.54) is 4.90 Å². The van der Waals surface area contributed by atoms with E-state index in [0.717, 1.165) is 52.9 Å². The van der Waals surface area contributed by atoms with Crippen LogP contribution in [-0.2, 0) is 6.42 Å². The second-order valence-electron chi connectivity index (χ2n) is 9.72. The fraction of sp³-hybridized carbons (Fsp3) is 0.500. The molecule has 2 N–H and O–H groups in total. The Morgan fingerprint density at radius 1 is 1.20 bits per heavy atom. The molecule has 1 aromatic carbocycles. The van der Waals surface area contributed by atoms with Gasteiger partial charge in [-0.3, -0.25) is 24.3 Å². The number of H-pyrrole nitrogens is 1. The number of fused-ring (bicyclic) bond motifs is 3. The summed E-state index contributed by atoms with van der Waals surface area (Å²) in [6.45, 7) is 2.98. The van der Waals surface area contributed by atoms with E-state index in [1.54, 1.807) is 6.20 Å². The van der Waals surface area contributed by atoms with E-state index in [0.29, 0.717) is 18.5 Å². The van der Waals surface area contributed by atoms with Gasteiger partial charge in [0.1, 0.15) is 0 Å². The van der Waals surface area contributed by atoms with Crippen LogP contribution in [0.15, 0.2) is 30.5 Å². The fourth-order valence-electron chi connectivity index (χ4n) is 5.49. The summed E-state index contributed by atoms with van der Waals surface area (Å²) in [5, 5.41) is 11.7. The van der Waals surface area contributed by atoms with Crippen molar-refractivity contribution >= 4 is 30.0 Å². The standard InChI is InChI=1S/C24H29BF4N6/c1-14-9-18-17(4-6-19-21(18)23(25)33-32-19)22(35(14)13-24(27,28)29)20-5-3-15(10-30-20)31-16-11-34(12-16)8-2-7-26/h3-6,10,14,16,22,31H,2,7-9,11-13,25H2,1H3,(H,32,33)/t14-,22?/m1/s1. The number of aromatic nitrogens is 3. The van der Waals surface area contributed by atoms with Crippen molar-refractivity contribution in [1.29, 1.82) is 0 Å². The molecule has 5 rings (SSSR count). The van der Waals surface area contributed by atoms with Crippen LogP contribution in [0.3, 0.4) is 0 Å². The number of hydrogen-bond acceptors (Lipinski definition) is 5. The largest absolute Gasteiger partial charge is 0.401 e. The zero-order valence-corrected chi connectivity index (χ0v) is 19.9. The molecule has 0 bridgehead atoms. The predicted molar refractivity (Wildman–Crippen MR) is 131 cm³/mol. The number of alkyl halides is 4. The Bertz CT molecular complexity index is 1180. The Morgan fingerprint density at radius 3 is 2.69 bits per heavy atom. The van der Waals surface area contributed by atoms with Crippen LogP contribution in [0.1, 0.15) is 36.2 Å². The van der Waals surface area contributed by atoms with Gasteiger partial charge in [0.2, 0.25) is 0 Å². The molecule has 0 saturated carbocycles. The Morgan fingerprint density at radius 2 is 2.00 bits per heavy atom. The van der Waals surface area contributed by atoms with E-state index in [2.05, 4.69) is 25.4 Å². The smallest absolute Gasteiger partial charge is 0.378 e. The zero-order chi connectivity index (χ0) is 24.7. The lowest BCUT2D eigenvalue weighted by molar-refractivity contribution is -0.155. The zero-order valence-electron chi connectivity index (χ0n) is 19.9. The van der Waals surface area contributed by atoms with Gasteiger partial charge in [0.25, 0.3) is 0 Å². The van der Waals surface area contributed by atoms with Gasteiger partial charge in [0, 0.05) is 36.7 Å². The summed E-state index contributed by atoms with van der Waals surface area (Å²) in [7, 11) is 1.92. The minimum atomic E-state index is -4.32. The quantitative estimate of drug-likeness (QED) is 0.396. The first-order chi connectivity index (χ1) is 16.7. The molecule has 1 saturated heterocycles. The summed E-state index contributed by atoms with van der Waals surface area (Å²) in [6.07, 6.45) is -1.56. The van der Waals surface area contributed by atoms with Crippen LogP contribution >= 0.6 is 0 Å². The maximum Gasteiger partial charge on any atom is 0.401 e. The van der Waals surface area contributed by atoms with Crippen LogP contribution in [0.25, 0.3) is 10.9 Å². The van der Waals surface area contributed by atoms with Gasteiger partial charge >= 0.3 is 6.18 Å². The lowest BCUT2D eigenvalue weighted by Gasteiger charge is -2.42. The van der Waals surface area contributed by atoms with Gasteiger partial charge in [-0.1, -0.05) is 6.07 Å². The van der Waals surface area contributed by atoms with Crippen LogP contribution < -0.4 is 10.9 Å². The second-order valence-corrected chi connectivity index (χ2v) is 9.72. The predicted octanol–water partition coefficient (Wildman–Crippen LogP) is 2.57. The van der Waals surface area contributed by atoms with Crippen molar-refractivity contribution in [3.8, 4) is 0 Å². The van der Waals surface area contributed by atoms with Gasteiger partial charge in [-0.25, -0.2) is 0 Å². The lowest BCUT2D eigenvalue weighted by Crippen LogP contribution is -2.54. The molecule has 35 heavy (non-hydrogen) atoms. The van der Waals surface area contributed by atoms with Crippen molar-refractivity contribution in [2.24, 2.45) is 0 Å². The first-order valence-corrected chi connectivity index (χ1v) is 12.0. The SMILES string of the molecule is Bc1n[nH]c2ccc3c(c12)C[C@@H](C)N(CC(F)(F)F)C3c1ccc(NC2CN(CCCF)C2)cn1. The van der Waals surface area contributed by atoms with Gasteiger partial charge in [0.05, 0.1) is 48.4 Å². The molecule has 11 heteroatoms. The van der Waals surface area contributed by atoms with Crippen molar-refractivity contribution in [2.45, 2.75) is 44.1 Å². The molecule has 1 fully saturated rings. The van der Waals surface area contributed by atoms with Crippen molar-refractivity contribution in [1.82, 2.24) is 25.0 Å². The highest BCUT2D eigenvalue weighted by Crippen LogP contribution is 2.41. The molecule has 186 valence electrons. The highest BCUT2D eigenvalue weighted by molar-refractivity contribution is 6.37. The lowest BCUT2D eigenvalue weighted by atomic mass is 9.82. The number of nitrogens with zero attached hydrogens (tertiary/aromatic N) is 4. The number of hydrogen-bond donors (Lipinski definition) is 2. The number of pyridine rings is 1. The van der Waals surface area contributed by atoms with Crippen LogP contribution in [0, 0.1) is 0 Å². The number of halogens is 4. The number of aromatic amines is 1. The summed E-state index contributed by atoms with van der Waals surface area (Å²) < 4.78 is 53.1. The number of anilines is 1. The van der Waals surface area contributed by atoms with E-state index in [9.17, 15) is 17.6 Å². The van der Waals surface area contributed by atoms with Crippen molar-refractivity contribution in [3.05, 3.63) is 47.3 Å². The number of rotatable bonds is 7. The van der Waals surface area contributed by atoms with Gasteiger partial charge in [-0.2, -0.15) is 18.3 Å². The third kappa shape index (κ3) is 4.88. The van der Waals surface area contributed by atoms with Crippen molar-refractivity contribution in [3.63, 3.8) is 0 Å². The molecule has 0 amide bonds. The summed E-state index contributed by atoms with van der Waals surface area (Å²) in [6, 6.07) is 6.84. The van der Waals surface area contributed by atoms with E-state index in [4.69, 9.17) is 0 Å². The minimum absolute atomic E-state index is 0.261. The average Bonchev–Trinajstić information content (AvgIpc) is 3.17. The monoisotopic (exact) mass is 488 g/mol. The molecule has 2 aromatic heterocycles. The van der Waals surface area contributed by atoms with Crippen molar-refractivity contribution in [2.75, 3.05) is 38.2 Å². The summed E-state index contributed by atoms with van der Waals surface area (Å²) >= 11 is 0. The molecule has 1 unspecified atom stereocenters. The summed E-state index contributed by atoms with van der Waals surface area (Å²) in [4.78, 5) is 8.32. The molecule has 0 radical (unpaired) electrons. The molecule has 2 atom stereocenters. The van der Waals surface area contributed by atoms with Crippen LogP contribution in [0.2, 0.25) is 0 Å². The summed E-state index contributed by atoms with van der Waals surface area (Å²) in [5.41, 5.74) is 5.05.